The highest BCUT2D eigenvalue weighted by molar-refractivity contribution is 6.33. The molecule has 10 heteroatoms. The number of nitrogens with zero attached hydrogens (tertiary/aromatic N) is 3. The first kappa shape index (κ1) is 25.1. The van der Waals surface area contributed by atoms with Crippen LogP contribution in [0.1, 0.15) is 30.0 Å². The van der Waals surface area contributed by atoms with E-state index in [2.05, 4.69) is 10.3 Å². The number of methoxy groups -OCH3 is 1. The maximum Gasteiger partial charge on any atom is 0.417 e. The summed E-state index contributed by atoms with van der Waals surface area (Å²) in [6, 6.07) is 8.65. The van der Waals surface area contributed by atoms with Crippen LogP contribution in [-0.2, 0) is 11.0 Å². The van der Waals surface area contributed by atoms with E-state index in [1.807, 2.05) is 48.2 Å². The normalized spacial score (nSPS) is 16.1. The molecule has 1 aliphatic heterocycles. The summed E-state index contributed by atoms with van der Waals surface area (Å²) in [5.41, 5.74) is 0.191. The first-order valence-electron chi connectivity index (χ1n) is 10.7. The van der Waals surface area contributed by atoms with Gasteiger partial charge in [0.2, 0.25) is 5.91 Å². The van der Waals surface area contributed by atoms with Crippen molar-refractivity contribution in [2.75, 3.05) is 45.7 Å². The predicted molar refractivity (Wildman–Crippen MR) is 122 cm³/mol. The summed E-state index contributed by atoms with van der Waals surface area (Å²) in [5, 5.41) is 3.01. The molecule has 3 rings (SSSR count). The zero-order valence-electron chi connectivity index (χ0n) is 18.8. The van der Waals surface area contributed by atoms with Gasteiger partial charge in [0.1, 0.15) is 11.6 Å². The SMILES string of the molecule is COc1ccc([C@@H](CNC(=O)C2CCN(c3ncc(C(F)(F)F)cc3Cl)CC2)N(C)C)cc1. The summed E-state index contributed by atoms with van der Waals surface area (Å²) >= 11 is 6.06. The number of amides is 1. The monoisotopic (exact) mass is 484 g/mol. The number of nitrogens with one attached hydrogen (secondary N) is 1. The molecule has 6 nitrogen and oxygen atoms in total. The third-order valence-corrected chi connectivity index (χ3v) is 6.19. The topological polar surface area (TPSA) is 57.7 Å². The summed E-state index contributed by atoms with van der Waals surface area (Å²) in [4.78, 5) is 20.6. The molecule has 33 heavy (non-hydrogen) atoms. The number of aromatic nitrogens is 1. The molecule has 1 aromatic heterocycles. The summed E-state index contributed by atoms with van der Waals surface area (Å²) in [5.74, 6) is 0.889. The number of anilines is 1. The molecule has 1 aliphatic rings. The van der Waals surface area contributed by atoms with Gasteiger partial charge in [-0.3, -0.25) is 4.79 Å². The Morgan fingerprint density at radius 3 is 2.42 bits per heavy atom. The Kier molecular flexibility index (Phi) is 8.07. The minimum Gasteiger partial charge on any atom is -0.497 e. The average Bonchev–Trinajstić information content (AvgIpc) is 2.78. The van der Waals surface area contributed by atoms with Crippen LogP contribution in [0.2, 0.25) is 5.02 Å². The smallest absolute Gasteiger partial charge is 0.417 e. The Morgan fingerprint density at radius 2 is 1.91 bits per heavy atom. The van der Waals surface area contributed by atoms with Crippen molar-refractivity contribution in [3.63, 3.8) is 0 Å². The van der Waals surface area contributed by atoms with Crippen molar-refractivity contribution >= 4 is 23.3 Å². The Morgan fingerprint density at radius 1 is 1.27 bits per heavy atom. The van der Waals surface area contributed by atoms with E-state index in [1.54, 1.807) is 7.11 Å². The Hall–Kier alpha value is -2.52. The van der Waals surface area contributed by atoms with Gasteiger partial charge in [0.15, 0.2) is 0 Å². The van der Waals surface area contributed by atoms with Crippen molar-refractivity contribution in [1.29, 1.82) is 0 Å². The zero-order chi connectivity index (χ0) is 24.2. The molecule has 2 aromatic rings. The van der Waals surface area contributed by atoms with Gasteiger partial charge in [0.25, 0.3) is 0 Å². The van der Waals surface area contributed by atoms with Crippen LogP contribution in [0, 0.1) is 5.92 Å². The molecule has 0 unspecified atom stereocenters. The molecule has 2 heterocycles. The van der Waals surface area contributed by atoms with Crippen LogP contribution in [-0.4, -0.2) is 56.6 Å². The van der Waals surface area contributed by atoms with Gasteiger partial charge < -0.3 is 19.9 Å². The van der Waals surface area contributed by atoms with Crippen molar-refractivity contribution < 1.29 is 22.7 Å². The van der Waals surface area contributed by atoms with Gasteiger partial charge in [-0.25, -0.2) is 4.98 Å². The van der Waals surface area contributed by atoms with Gasteiger partial charge in [0.05, 0.1) is 23.7 Å². The predicted octanol–water partition coefficient (Wildman–Crippen LogP) is 4.40. The molecule has 0 saturated carbocycles. The summed E-state index contributed by atoms with van der Waals surface area (Å²) in [6.07, 6.45) is -2.56. The summed E-state index contributed by atoms with van der Waals surface area (Å²) < 4.78 is 43.7. The lowest BCUT2D eigenvalue weighted by molar-refractivity contribution is -0.137. The largest absolute Gasteiger partial charge is 0.497 e. The molecular weight excluding hydrogens is 457 g/mol. The number of carbonyl (C=O) groups excluding carboxylic acids is 1. The number of piperidine rings is 1. The number of hydrogen-bond donors (Lipinski definition) is 1. The van der Waals surface area contributed by atoms with E-state index in [1.165, 1.54) is 0 Å². The Bertz CT molecular complexity index is 946. The first-order chi connectivity index (χ1) is 15.6. The fourth-order valence-corrected chi connectivity index (χ4v) is 4.22. The number of rotatable bonds is 7. The highest BCUT2D eigenvalue weighted by atomic mass is 35.5. The van der Waals surface area contributed by atoms with Gasteiger partial charge >= 0.3 is 6.18 Å². The lowest BCUT2D eigenvalue weighted by Gasteiger charge is -2.33. The van der Waals surface area contributed by atoms with Crippen LogP contribution in [0.15, 0.2) is 36.5 Å². The van der Waals surface area contributed by atoms with E-state index >= 15 is 0 Å². The third-order valence-electron chi connectivity index (χ3n) is 5.91. The number of halogens is 4. The van der Waals surface area contributed by atoms with Crippen molar-refractivity contribution in [2.24, 2.45) is 5.92 Å². The molecule has 1 amide bonds. The van der Waals surface area contributed by atoms with Crippen LogP contribution in [0.5, 0.6) is 5.75 Å². The quantitative estimate of drug-likeness (QED) is 0.631. The zero-order valence-corrected chi connectivity index (χ0v) is 19.6. The maximum atomic E-state index is 12.8. The van der Waals surface area contributed by atoms with E-state index in [0.29, 0.717) is 38.3 Å². The lowest BCUT2D eigenvalue weighted by atomic mass is 9.95. The Balaban J connectivity index is 1.55. The second-order valence-corrected chi connectivity index (χ2v) is 8.69. The second-order valence-electron chi connectivity index (χ2n) is 8.29. The highest BCUT2D eigenvalue weighted by Gasteiger charge is 2.33. The van der Waals surface area contributed by atoms with Gasteiger partial charge in [-0.1, -0.05) is 23.7 Å². The molecule has 1 atom stereocenters. The number of likely N-dealkylation sites (N-methyl/N-ethyl adjacent to an activating group) is 1. The number of benzene rings is 1. The molecule has 1 saturated heterocycles. The van der Waals surface area contributed by atoms with E-state index in [0.717, 1.165) is 23.6 Å². The maximum absolute atomic E-state index is 12.8. The molecule has 180 valence electrons. The van der Waals surface area contributed by atoms with Crippen molar-refractivity contribution in [1.82, 2.24) is 15.2 Å². The molecule has 0 radical (unpaired) electrons. The highest BCUT2D eigenvalue weighted by Crippen LogP contribution is 2.34. The molecule has 1 aromatic carbocycles. The lowest BCUT2D eigenvalue weighted by Crippen LogP contribution is -2.43. The standard InChI is InChI=1S/C23H28ClF3N4O2/c1-30(2)20(15-4-6-18(33-3)7-5-15)14-29-22(32)16-8-10-31(11-9-16)21-19(24)12-17(13-28-21)23(25,26)27/h4-7,12-13,16,20H,8-11,14H2,1-3H3,(H,29,32)/t20-/m1/s1. The molecule has 0 spiro atoms. The fraction of sp³-hybridized carbons (Fsp3) is 0.478. The van der Waals surface area contributed by atoms with Gasteiger partial charge in [-0.2, -0.15) is 13.2 Å². The first-order valence-corrected chi connectivity index (χ1v) is 11.0. The van der Waals surface area contributed by atoms with Crippen LogP contribution in [0.3, 0.4) is 0 Å². The number of alkyl halides is 3. The van der Waals surface area contributed by atoms with Gasteiger partial charge in [-0.05, 0) is 50.7 Å². The molecular formula is C23H28ClF3N4O2. The van der Waals surface area contributed by atoms with E-state index < -0.39 is 11.7 Å². The van der Waals surface area contributed by atoms with Crippen molar-refractivity contribution in [3.05, 3.63) is 52.7 Å². The van der Waals surface area contributed by atoms with E-state index in [4.69, 9.17) is 16.3 Å². The average molecular weight is 485 g/mol. The van der Waals surface area contributed by atoms with Crippen LogP contribution >= 0.6 is 11.6 Å². The second kappa shape index (κ2) is 10.6. The molecule has 1 N–H and O–H groups in total. The molecule has 0 aliphatic carbocycles. The number of pyridine rings is 1. The number of carbonyl (C=O) groups is 1. The van der Waals surface area contributed by atoms with Crippen molar-refractivity contribution in [2.45, 2.75) is 25.1 Å². The Labute approximate surface area is 196 Å². The van der Waals surface area contributed by atoms with Crippen molar-refractivity contribution in [3.8, 4) is 5.75 Å². The molecule has 1 fully saturated rings. The minimum atomic E-state index is -4.49. The summed E-state index contributed by atoms with van der Waals surface area (Å²) in [7, 11) is 5.53. The van der Waals surface area contributed by atoms with Crippen LogP contribution < -0.4 is 15.0 Å². The number of ether oxygens (including phenoxy) is 1. The number of hydrogen-bond acceptors (Lipinski definition) is 5. The molecule has 0 bridgehead atoms. The van der Waals surface area contributed by atoms with E-state index in [-0.39, 0.29) is 22.9 Å². The van der Waals surface area contributed by atoms with Gasteiger partial charge in [0, 0.05) is 31.7 Å². The van der Waals surface area contributed by atoms with Gasteiger partial charge in [-0.15, -0.1) is 0 Å². The van der Waals surface area contributed by atoms with E-state index in [9.17, 15) is 18.0 Å². The minimum absolute atomic E-state index is 0.00935. The summed E-state index contributed by atoms with van der Waals surface area (Å²) in [6.45, 7) is 1.45. The van der Waals surface area contributed by atoms with Crippen LogP contribution in [0.4, 0.5) is 19.0 Å². The fourth-order valence-electron chi connectivity index (χ4n) is 3.94. The third kappa shape index (κ3) is 6.29. The van der Waals surface area contributed by atoms with Crippen LogP contribution in [0.25, 0.3) is 0 Å².